The first kappa shape index (κ1) is 20.5. The van der Waals surface area contributed by atoms with Crippen molar-refractivity contribution in [2.24, 2.45) is 4.99 Å². The van der Waals surface area contributed by atoms with E-state index in [2.05, 4.69) is 45.7 Å². The molecule has 0 aromatic heterocycles. The molecule has 0 saturated heterocycles. The number of nitrogens with zero attached hydrogens (tertiary/aromatic N) is 2. The van der Waals surface area contributed by atoms with Crippen LogP contribution in [-0.2, 0) is 11.3 Å². The van der Waals surface area contributed by atoms with Crippen LogP contribution in [-0.4, -0.2) is 51.5 Å². The number of thioether (sulfide) groups is 1. The lowest BCUT2D eigenvalue weighted by Crippen LogP contribution is -2.39. The van der Waals surface area contributed by atoms with Crippen LogP contribution in [0.15, 0.2) is 34.2 Å². The monoisotopic (exact) mass is 423 g/mol. The van der Waals surface area contributed by atoms with Gasteiger partial charge < -0.3 is 15.0 Å². The van der Waals surface area contributed by atoms with Crippen molar-refractivity contribution in [3.05, 3.63) is 29.8 Å². The topological polar surface area (TPSA) is 36.9 Å². The molecule has 6 heteroatoms. The molecule has 0 unspecified atom stereocenters. The second kappa shape index (κ2) is 12.1. The zero-order valence-corrected chi connectivity index (χ0v) is 16.4. The fourth-order valence-corrected chi connectivity index (χ4v) is 2.29. The fraction of sp³-hybridized carbons (Fsp3) is 0.533. The molecule has 0 aliphatic carbocycles. The van der Waals surface area contributed by atoms with Crippen LogP contribution in [0.3, 0.4) is 0 Å². The van der Waals surface area contributed by atoms with E-state index in [-0.39, 0.29) is 24.0 Å². The van der Waals surface area contributed by atoms with Crippen LogP contribution in [0, 0.1) is 0 Å². The molecule has 4 nitrogen and oxygen atoms in total. The van der Waals surface area contributed by atoms with Gasteiger partial charge in [-0.1, -0.05) is 12.1 Å². The summed E-state index contributed by atoms with van der Waals surface area (Å²) in [5.74, 6) is 0.912. The van der Waals surface area contributed by atoms with Crippen molar-refractivity contribution in [2.75, 3.05) is 40.6 Å². The molecule has 0 spiro atoms. The third-order valence-corrected chi connectivity index (χ3v) is 3.70. The lowest BCUT2D eigenvalue weighted by atomic mass is 10.2. The maximum absolute atomic E-state index is 5.04. The molecule has 0 aliphatic rings. The van der Waals surface area contributed by atoms with Crippen molar-refractivity contribution in [3.8, 4) is 0 Å². The Hall–Kier alpha value is -0.470. The fourth-order valence-electron chi connectivity index (χ4n) is 1.88. The second-order valence-corrected chi connectivity index (χ2v) is 5.40. The SMILES string of the molecule is CN=C(NCCCOC)N(C)Cc1ccc(SC)cc1.I. The van der Waals surface area contributed by atoms with Crippen molar-refractivity contribution in [3.63, 3.8) is 0 Å². The largest absolute Gasteiger partial charge is 0.385 e. The van der Waals surface area contributed by atoms with E-state index in [1.807, 2.05) is 14.1 Å². The molecule has 21 heavy (non-hydrogen) atoms. The quantitative estimate of drug-likeness (QED) is 0.241. The average Bonchev–Trinajstić information content (AvgIpc) is 2.48. The van der Waals surface area contributed by atoms with Gasteiger partial charge in [-0.2, -0.15) is 0 Å². The third-order valence-electron chi connectivity index (χ3n) is 2.96. The summed E-state index contributed by atoms with van der Waals surface area (Å²) in [7, 11) is 5.58. The Morgan fingerprint density at radius 1 is 1.33 bits per heavy atom. The van der Waals surface area contributed by atoms with Gasteiger partial charge in [0, 0.05) is 45.8 Å². The highest BCUT2D eigenvalue weighted by Crippen LogP contribution is 2.15. The van der Waals surface area contributed by atoms with E-state index >= 15 is 0 Å². The van der Waals surface area contributed by atoms with Crippen molar-refractivity contribution < 1.29 is 4.74 Å². The zero-order valence-electron chi connectivity index (χ0n) is 13.3. The molecule has 1 aromatic carbocycles. The average molecular weight is 423 g/mol. The molecule has 1 aromatic rings. The van der Waals surface area contributed by atoms with Crippen LogP contribution in [0.4, 0.5) is 0 Å². The van der Waals surface area contributed by atoms with Gasteiger partial charge in [-0.15, -0.1) is 35.7 Å². The molecule has 1 rings (SSSR count). The minimum absolute atomic E-state index is 0. The smallest absolute Gasteiger partial charge is 0.193 e. The van der Waals surface area contributed by atoms with E-state index in [0.29, 0.717) is 0 Å². The summed E-state index contributed by atoms with van der Waals surface area (Å²) in [6, 6.07) is 8.65. The molecule has 0 bridgehead atoms. The van der Waals surface area contributed by atoms with Crippen LogP contribution in [0.1, 0.15) is 12.0 Å². The second-order valence-electron chi connectivity index (χ2n) is 4.52. The molecule has 120 valence electrons. The molecule has 0 fully saturated rings. The first-order valence-electron chi connectivity index (χ1n) is 6.75. The van der Waals surface area contributed by atoms with Crippen LogP contribution >= 0.6 is 35.7 Å². The van der Waals surface area contributed by atoms with Crippen molar-refractivity contribution >= 4 is 41.7 Å². The maximum Gasteiger partial charge on any atom is 0.193 e. The van der Waals surface area contributed by atoms with Crippen LogP contribution in [0.2, 0.25) is 0 Å². The summed E-state index contributed by atoms with van der Waals surface area (Å²) >= 11 is 1.76. The van der Waals surface area contributed by atoms with E-state index in [9.17, 15) is 0 Å². The van der Waals surface area contributed by atoms with Gasteiger partial charge in [0.05, 0.1) is 0 Å². The Morgan fingerprint density at radius 3 is 2.52 bits per heavy atom. The van der Waals surface area contributed by atoms with Crippen molar-refractivity contribution in [1.82, 2.24) is 10.2 Å². The molecule has 1 N–H and O–H groups in total. The number of hydrogen-bond acceptors (Lipinski definition) is 3. The lowest BCUT2D eigenvalue weighted by Gasteiger charge is -2.22. The van der Waals surface area contributed by atoms with Crippen molar-refractivity contribution in [2.45, 2.75) is 17.9 Å². The van der Waals surface area contributed by atoms with Crippen LogP contribution < -0.4 is 5.32 Å². The lowest BCUT2D eigenvalue weighted by molar-refractivity contribution is 0.195. The van der Waals surface area contributed by atoms with Gasteiger partial charge in [0.15, 0.2) is 5.96 Å². The highest BCUT2D eigenvalue weighted by molar-refractivity contribution is 14.0. The van der Waals surface area contributed by atoms with E-state index in [1.54, 1.807) is 18.9 Å². The van der Waals surface area contributed by atoms with Crippen molar-refractivity contribution in [1.29, 1.82) is 0 Å². The number of benzene rings is 1. The number of methoxy groups -OCH3 is 1. The number of aliphatic imine (C=N–C) groups is 1. The summed E-state index contributed by atoms with van der Waals surface area (Å²) in [5, 5.41) is 3.34. The minimum atomic E-state index is 0. The van der Waals surface area contributed by atoms with Crippen LogP contribution in [0.25, 0.3) is 0 Å². The van der Waals surface area contributed by atoms with E-state index in [0.717, 1.165) is 32.1 Å². The van der Waals surface area contributed by atoms with Crippen LogP contribution in [0.5, 0.6) is 0 Å². The number of guanidine groups is 1. The zero-order chi connectivity index (χ0) is 14.8. The molecular formula is C15H26IN3OS. The van der Waals surface area contributed by atoms with Gasteiger partial charge >= 0.3 is 0 Å². The maximum atomic E-state index is 5.04. The number of rotatable bonds is 7. The number of ether oxygens (including phenoxy) is 1. The third kappa shape index (κ3) is 7.92. The van der Waals surface area contributed by atoms with Gasteiger partial charge in [-0.05, 0) is 30.4 Å². The Kier molecular flexibility index (Phi) is 11.8. The number of nitrogens with one attached hydrogen (secondary N) is 1. The molecule has 0 saturated carbocycles. The summed E-state index contributed by atoms with van der Waals surface area (Å²) < 4.78 is 5.04. The van der Waals surface area contributed by atoms with Gasteiger partial charge in [0.2, 0.25) is 0 Å². The molecule has 0 radical (unpaired) electrons. The minimum Gasteiger partial charge on any atom is -0.385 e. The highest BCUT2D eigenvalue weighted by atomic mass is 127. The van der Waals surface area contributed by atoms with E-state index in [4.69, 9.17) is 4.74 Å². The Labute approximate surface area is 149 Å². The number of halogens is 1. The van der Waals surface area contributed by atoms with E-state index in [1.165, 1.54) is 10.5 Å². The van der Waals surface area contributed by atoms with Gasteiger partial charge in [0.1, 0.15) is 0 Å². The molecular weight excluding hydrogens is 397 g/mol. The predicted molar refractivity (Wildman–Crippen MR) is 103 cm³/mol. The summed E-state index contributed by atoms with van der Waals surface area (Å²) in [6.07, 6.45) is 3.07. The predicted octanol–water partition coefficient (Wildman–Crippen LogP) is 3.07. The first-order valence-corrected chi connectivity index (χ1v) is 7.97. The molecule has 0 atom stereocenters. The summed E-state index contributed by atoms with van der Waals surface area (Å²) in [5.41, 5.74) is 1.28. The normalized spacial score (nSPS) is 11.0. The molecule has 0 aliphatic heterocycles. The van der Waals surface area contributed by atoms with E-state index < -0.39 is 0 Å². The van der Waals surface area contributed by atoms with Gasteiger partial charge in [-0.3, -0.25) is 4.99 Å². The Morgan fingerprint density at radius 2 is 2.00 bits per heavy atom. The Balaban J connectivity index is 0.00000400. The number of hydrogen-bond donors (Lipinski definition) is 1. The Bertz CT molecular complexity index is 412. The molecule has 0 heterocycles. The summed E-state index contributed by atoms with van der Waals surface area (Å²) in [6.45, 7) is 2.48. The summed E-state index contributed by atoms with van der Waals surface area (Å²) in [4.78, 5) is 7.72. The first-order chi connectivity index (χ1) is 9.71. The standard InChI is InChI=1S/C15H25N3OS.HI/c1-16-15(17-10-5-11-19-3)18(2)12-13-6-8-14(20-4)9-7-13;/h6-9H,5,10-12H2,1-4H3,(H,16,17);1H. The molecule has 0 amide bonds. The van der Waals surface area contributed by atoms with Gasteiger partial charge in [-0.25, -0.2) is 0 Å². The van der Waals surface area contributed by atoms with Gasteiger partial charge in [0.25, 0.3) is 0 Å². The highest BCUT2D eigenvalue weighted by Gasteiger charge is 2.06.